The molecule has 1 heterocycles. The summed E-state index contributed by atoms with van der Waals surface area (Å²) in [6.45, 7) is 9.43. The van der Waals surface area contributed by atoms with Crippen molar-refractivity contribution in [1.82, 2.24) is 14.9 Å². The van der Waals surface area contributed by atoms with Crippen molar-refractivity contribution >= 4 is 5.82 Å². The van der Waals surface area contributed by atoms with Crippen molar-refractivity contribution in [1.29, 1.82) is 0 Å². The number of nitrogens with one attached hydrogen (secondary N) is 1. The molecule has 1 aromatic rings. The van der Waals surface area contributed by atoms with Gasteiger partial charge in [0, 0.05) is 19.6 Å². The molecule has 102 valence electrons. The molecule has 0 radical (unpaired) electrons. The van der Waals surface area contributed by atoms with Crippen molar-refractivity contribution in [2.24, 2.45) is 0 Å². The van der Waals surface area contributed by atoms with Crippen molar-refractivity contribution < 1.29 is 4.74 Å². The molecule has 0 aliphatic carbocycles. The SMILES string of the molecule is CCNc1cnc(CN(C)CCOC(C)C)cn1. The van der Waals surface area contributed by atoms with Crippen LogP contribution in [0.3, 0.4) is 0 Å². The van der Waals surface area contributed by atoms with Crippen LogP contribution in [0.1, 0.15) is 26.5 Å². The molecule has 1 aromatic heterocycles. The summed E-state index contributed by atoms with van der Waals surface area (Å²) in [7, 11) is 2.06. The number of rotatable bonds is 8. The van der Waals surface area contributed by atoms with Crippen molar-refractivity contribution in [3.8, 4) is 0 Å². The first-order chi connectivity index (χ1) is 8.61. The quantitative estimate of drug-likeness (QED) is 0.764. The Kier molecular flexibility index (Phi) is 6.60. The molecule has 0 aromatic carbocycles. The first kappa shape index (κ1) is 14.9. The summed E-state index contributed by atoms with van der Waals surface area (Å²) in [5.74, 6) is 0.826. The van der Waals surface area contributed by atoms with E-state index in [9.17, 15) is 0 Å². The Morgan fingerprint density at radius 3 is 2.67 bits per heavy atom. The maximum absolute atomic E-state index is 5.51. The van der Waals surface area contributed by atoms with Crippen LogP contribution in [-0.4, -0.2) is 47.7 Å². The summed E-state index contributed by atoms with van der Waals surface area (Å²) >= 11 is 0. The lowest BCUT2D eigenvalue weighted by atomic mass is 10.4. The third-order valence-corrected chi connectivity index (χ3v) is 2.42. The smallest absolute Gasteiger partial charge is 0.144 e. The number of anilines is 1. The Hall–Kier alpha value is -1.20. The average molecular weight is 252 g/mol. The molecule has 1 rings (SSSR count). The summed E-state index contributed by atoms with van der Waals surface area (Å²) in [6, 6.07) is 0. The van der Waals surface area contributed by atoms with Gasteiger partial charge in [0.15, 0.2) is 0 Å². The molecule has 0 aliphatic rings. The molecular weight excluding hydrogens is 228 g/mol. The zero-order chi connectivity index (χ0) is 13.4. The molecule has 18 heavy (non-hydrogen) atoms. The lowest BCUT2D eigenvalue weighted by Gasteiger charge is -2.17. The van der Waals surface area contributed by atoms with E-state index in [0.29, 0.717) is 0 Å². The van der Waals surface area contributed by atoms with Gasteiger partial charge in [0.1, 0.15) is 5.82 Å². The van der Waals surface area contributed by atoms with Crippen LogP contribution >= 0.6 is 0 Å². The second kappa shape index (κ2) is 8.00. The van der Waals surface area contributed by atoms with E-state index in [1.807, 2.05) is 27.0 Å². The fourth-order valence-corrected chi connectivity index (χ4v) is 1.51. The molecule has 0 amide bonds. The van der Waals surface area contributed by atoms with Gasteiger partial charge in [-0.25, -0.2) is 4.98 Å². The van der Waals surface area contributed by atoms with Gasteiger partial charge in [0.05, 0.1) is 30.8 Å². The Morgan fingerprint density at radius 1 is 1.33 bits per heavy atom. The van der Waals surface area contributed by atoms with E-state index in [0.717, 1.165) is 37.8 Å². The monoisotopic (exact) mass is 252 g/mol. The molecule has 0 fully saturated rings. The summed E-state index contributed by atoms with van der Waals surface area (Å²) in [5, 5.41) is 3.13. The molecule has 0 spiro atoms. The van der Waals surface area contributed by atoms with E-state index in [-0.39, 0.29) is 6.10 Å². The predicted octanol–water partition coefficient (Wildman–Crippen LogP) is 1.77. The number of nitrogens with zero attached hydrogens (tertiary/aromatic N) is 3. The molecular formula is C13H24N4O. The minimum Gasteiger partial charge on any atom is -0.377 e. The third kappa shape index (κ3) is 5.93. The highest BCUT2D eigenvalue weighted by atomic mass is 16.5. The minimum absolute atomic E-state index is 0.289. The maximum atomic E-state index is 5.51. The van der Waals surface area contributed by atoms with Gasteiger partial charge in [-0.05, 0) is 27.8 Å². The Morgan fingerprint density at radius 2 is 2.11 bits per heavy atom. The van der Waals surface area contributed by atoms with Crippen LogP contribution in [0.2, 0.25) is 0 Å². The standard InChI is InChI=1S/C13H24N4O/c1-5-14-13-9-15-12(8-16-13)10-17(4)6-7-18-11(2)3/h8-9,11H,5-7,10H2,1-4H3,(H,14,16). The van der Waals surface area contributed by atoms with Gasteiger partial charge in [-0.3, -0.25) is 9.88 Å². The maximum Gasteiger partial charge on any atom is 0.144 e. The fourth-order valence-electron chi connectivity index (χ4n) is 1.51. The normalized spacial score (nSPS) is 11.2. The molecule has 0 bridgehead atoms. The molecule has 0 atom stereocenters. The second-order valence-corrected chi connectivity index (χ2v) is 4.58. The van der Waals surface area contributed by atoms with E-state index in [1.165, 1.54) is 0 Å². The first-order valence-electron chi connectivity index (χ1n) is 6.46. The van der Waals surface area contributed by atoms with E-state index in [1.54, 1.807) is 6.20 Å². The van der Waals surface area contributed by atoms with Gasteiger partial charge >= 0.3 is 0 Å². The predicted molar refractivity (Wildman–Crippen MR) is 73.6 cm³/mol. The highest BCUT2D eigenvalue weighted by Gasteiger charge is 2.03. The number of hydrogen-bond acceptors (Lipinski definition) is 5. The van der Waals surface area contributed by atoms with Crippen molar-refractivity contribution in [2.45, 2.75) is 33.4 Å². The zero-order valence-electron chi connectivity index (χ0n) is 11.8. The molecule has 1 N–H and O–H groups in total. The van der Waals surface area contributed by atoms with Crippen LogP contribution in [0.15, 0.2) is 12.4 Å². The van der Waals surface area contributed by atoms with Crippen LogP contribution in [0.5, 0.6) is 0 Å². The highest BCUT2D eigenvalue weighted by molar-refractivity contribution is 5.30. The Labute approximate surface area is 110 Å². The number of likely N-dealkylation sites (N-methyl/N-ethyl adjacent to an activating group) is 1. The van der Waals surface area contributed by atoms with Crippen molar-refractivity contribution in [2.75, 3.05) is 32.1 Å². The third-order valence-electron chi connectivity index (χ3n) is 2.42. The topological polar surface area (TPSA) is 50.3 Å². The molecule has 5 heteroatoms. The van der Waals surface area contributed by atoms with Gasteiger partial charge in [0.2, 0.25) is 0 Å². The van der Waals surface area contributed by atoms with Gasteiger partial charge in [-0.15, -0.1) is 0 Å². The lowest BCUT2D eigenvalue weighted by molar-refractivity contribution is 0.0625. The van der Waals surface area contributed by atoms with E-state index < -0.39 is 0 Å². The van der Waals surface area contributed by atoms with Crippen LogP contribution in [0.25, 0.3) is 0 Å². The molecule has 0 saturated carbocycles. The van der Waals surface area contributed by atoms with Crippen LogP contribution in [-0.2, 0) is 11.3 Å². The highest BCUT2D eigenvalue weighted by Crippen LogP contribution is 2.03. The first-order valence-corrected chi connectivity index (χ1v) is 6.46. The summed E-state index contributed by atoms with van der Waals surface area (Å²) in [4.78, 5) is 10.9. The second-order valence-electron chi connectivity index (χ2n) is 4.58. The average Bonchev–Trinajstić information content (AvgIpc) is 2.31. The zero-order valence-corrected chi connectivity index (χ0v) is 11.8. The largest absolute Gasteiger partial charge is 0.377 e. The summed E-state index contributed by atoms with van der Waals surface area (Å²) in [5.41, 5.74) is 0.976. The molecule has 5 nitrogen and oxygen atoms in total. The number of hydrogen-bond donors (Lipinski definition) is 1. The number of ether oxygens (including phenoxy) is 1. The number of aromatic nitrogens is 2. The van der Waals surface area contributed by atoms with Crippen LogP contribution < -0.4 is 5.32 Å². The fraction of sp³-hybridized carbons (Fsp3) is 0.692. The lowest BCUT2D eigenvalue weighted by Crippen LogP contribution is -2.24. The van der Waals surface area contributed by atoms with E-state index in [4.69, 9.17) is 4.74 Å². The van der Waals surface area contributed by atoms with Gasteiger partial charge in [-0.2, -0.15) is 0 Å². The van der Waals surface area contributed by atoms with Gasteiger partial charge in [0.25, 0.3) is 0 Å². The van der Waals surface area contributed by atoms with Gasteiger partial charge < -0.3 is 10.1 Å². The van der Waals surface area contributed by atoms with E-state index >= 15 is 0 Å². The Bertz CT molecular complexity index is 326. The Balaban J connectivity index is 2.32. The summed E-state index contributed by atoms with van der Waals surface area (Å²) in [6.07, 6.45) is 3.88. The molecule has 0 saturated heterocycles. The van der Waals surface area contributed by atoms with Crippen molar-refractivity contribution in [3.63, 3.8) is 0 Å². The van der Waals surface area contributed by atoms with Crippen molar-refractivity contribution in [3.05, 3.63) is 18.1 Å². The van der Waals surface area contributed by atoms with Crippen LogP contribution in [0.4, 0.5) is 5.82 Å². The summed E-state index contributed by atoms with van der Waals surface area (Å²) < 4.78 is 5.51. The van der Waals surface area contributed by atoms with Gasteiger partial charge in [-0.1, -0.05) is 0 Å². The molecule has 0 aliphatic heterocycles. The molecule has 0 unspecified atom stereocenters. The van der Waals surface area contributed by atoms with Crippen LogP contribution in [0, 0.1) is 0 Å². The minimum atomic E-state index is 0.289. The van der Waals surface area contributed by atoms with E-state index in [2.05, 4.69) is 27.2 Å².